The van der Waals surface area contributed by atoms with E-state index >= 15 is 0 Å². The van der Waals surface area contributed by atoms with E-state index in [0.29, 0.717) is 17.6 Å². The van der Waals surface area contributed by atoms with Crippen LogP contribution in [0.4, 0.5) is 0 Å². The fraction of sp³-hybridized carbons (Fsp3) is 0.588. The van der Waals surface area contributed by atoms with Gasteiger partial charge in [0.2, 0.25) is 0 Å². The number of aliphatic hydroxyl groups is 1. The molecule has 1 unspecified atom stereocenters. The SMILES string of the molecule is NC(=S)C(CN(CCO)C1CCCCC1)c1ccccc1. The average molecular weight is 306 g/mol. The van der Waals surface area contributed by atoms with Gasteiger partial charge in [-0.2, -0.15) is 0 Å². The molecule has 3 N–H and O–H groups in total. The lowest BCUT2D eigenvalue weighted by Crippen LogP contribution is -2.43. The number of thiocarbonyl (C=S) groups is 1. The zero-order valence-corrected chi connectivity index (χ0v) is 13.4. The van der Waals surface area contributed by atoms with Gasteiger partial charge in [-0.15, -0.1) is 0 Å². The van der Waals surface area contributed by atoms with Crippen molar-refractivity contribution < 1.29 is 5.11 Å². The van der Waals surface area contributed by atoms with Crippen molar-refractivity contribution in [3.8, 4) is 0 Å². The standard InChI is InChI=1S/C17H26N2OS/c18-17(21)16(14-7-3-1-4-8-14)13-19(11-12-20)15-9-5-2-6-10-15/h1,3-4,7-8,15-16,20H,2,5-6,9-13H2,(H2,18,21). The van der Waals surface area contributed by atoms with Crippen LogP contribution in [0.5, 0.6) is 0 Å². The molecule has 3 nitrogen and oxygen atoms in total. The summed E-state index contributed by atoms with van der Waals surface area (Å²) in [6.45, 7) is 1.70. The van der Waals surface area contributed by atoms with E-state index < -0.39 is 0 Å². The molecule has 1 aromatic carbocycles. The summed E-state index contributed by atoms with van der Waals surface area (Å²) >= 11 is 5.29. The first-order valence-corrected chi connectivity index (χ1v) is 8.32. The Hall–Kier alpha value is -0.970. The molecule has 2 rings (SSSR count). The molecule has 0 saturated heterocycles. The number of aliphatic hydroxyl groups excluding tert-OH is 1. The molecule has 0 amide bonds. The first-order chi connectivity index (χ1) is 10.2. The van der Waals surface area contributed by atoms with E-state index in [-0.39, 0.29) is 12.5 Å². The molecule has 1 aromatic rings. The zero-order valence-electron chi connectivity index (χ0n) is 12.6. The molecule has 0 bridgehead atoms. The maximum atomic E-state index is 9.38. The maximum absolute atomic E-state index is 9.38. The Bertz CT molecular complexity index is 432. The highest BCUT2D eigenvalue weighted by molar-refractivity contribution is 7.80. The lowest BCUT2D eigenvalue weighted by atomic mass is 9.92. The van der Waals surface area contributed by atoms with Gasteiger partial charge < -0.3 is 10.8 Å². The number of rotatable bonds is 7. The highest BCUT2D eigenvalue weighted by Gasteiger charge is 2.25. The number of hydrogen-bond acceptors (Lipinski definition) is 3. The summed E-state index contributed by atoms with van der Waals surface area (Å²) in [6, 6.07) is 10.8. The minimum absolute atomic E-state index is 0.0645. The van der Waals surface area contributed by atoms with E-state index in [2.05, 4.69) is 17.0 Å². The van der Waals surface area contributed by atoms with Crippen LogP contribution in [0.25, 0.3) is 0 Å². The monoisotopic (exact) mass is 306 g/mol. The first kappa shape index (κ1) is 16.4. The average Bonchev–Trinajstić information content (AvgIpc) is 2.52. The Morgan fingerprint density at radius 2 is 1.90 bits per heavy atom. The maximum Gasteiger partial charge on any atom is 0.0816 e. The molecule has 21 heavy (non-hydrogen) atoms. The lowest BCUT2D eigenvalue weighted by molar-refractivity contribution is 0.123. The molecule has 1 atom stereocenters. The smallest absolute Gasteiger partial charge is 0.0816 e. The molecule has 1 aliphatic carbocycles. The molecule has 0 aliphatic heterocycles. The van der Waals surface area contributed by atoms with Crippen molar-refractivity contribution in [2.24, 2.45) is 5.73 Å². The first-order valence-electron chi connectivity index (χ1n) is 7.91. The molecule has 0 heterocycles. The molecular formula is C17H26N2OS. The van der Waals surface area contributed by atoms with Gasteiger partial charge in [-0.1, -0.05) is 61.8 Å². The van der Waals surface area contributed by atoms with Gasteiger partial charge in [0, 0.05) is 25.0 Å². The molecule has 1 aliphatic rings. The molecule has 116 valence electrons. The Morgan fingerprint density at radius 1 is 1.24 bits per heavy atom. The van der Waals surface area contributed by atoms with E-state index in [4.69, 9.17) is 18.0 Å². The molecule has 0 aromatic heterocycles. The van der Waals surface area contributed by atoms with Crippen molar-refractivity contribution >= 4 is 17.2 Å². The van der Waals surface area contributed by atoms with Gasteiger partial charge in [-0.25, -0.2) is 0 Å². The number of nitrogens with zero attached hydrogens (tertiary/aromatic N) is 1. The lowest BCUT2D eigenvalue weighted by Gasteiger charge is -2.36. The summed E-state index contributed by atoms with van der Waals surface area (Å²) in [5, 5.41) is 9.38. The van der Waals surface area contributed by atoms with Crippen LogP contribution in [-0.4, -0.2) is 40.7 Å². The van der Waals surface area contributed by atoms with Crippen LogP contribution >= 0.6 is 12.2 Å². The highest BCUT2D eigenvalue weighted by Crippen LogP contribution is 2.25. The van der Waals surface area contributed by atoms with E-state index in [1.165, 1.54) is 37.7 Å². The van der Waals surface area contributed by atoms with Crippen LogP contribution in [0.3, 0.4) is 0 Å². The third kappa shape index (κ3) is 4.77. The van der Waals surface area contributed by atoms with Gasteiger partial charge in [-0.3, -0.25) is 4.90 Å². The van der Waals surface area contributed by atoms with Gasteiger partial charge in [0.15, 0.2) is 0 Å². The second-order valence-electron chi connectivity index (χ2n) is 5.88. The van der Waals surface area contributed by atoms with Crippen molar-refractivity contribution in [2.75, 3.05) is 19.7 Å². The van der Waals surface area contributed by atoms with E-state index in [0.717, 1.165) is 6.54 Å². The summed E-state index contributed by atoms with van der Waals surface area (Å²) in [4.78, 5) is 2.93. The Kier molecular flexibility index (Phi) is 6.61. The quantitative estimate of drug-likeness (QED) is 0.761. The van der Waals surface area contributed by atoms with Crippen molar-refractivity contribution in [1.82, 2.24) is 4.90 Å². The van der Waals surface area contributed by atoms with Crippen LogP contribution in [0.2, 0.25) is 0 Å². The van der Waals surface area contributed by atoms with Crippen LogP contribution < -0.4 is 5.73 Å². The van der Waals surface area contributed by atoms with Gasteiger partial charge in [0.25, 0.3) is 0 Å². The van der Waals surface area contributed by atoms with Crippen LogP contribution in [0.15, 0.2) is 30.3 Å². The van der Waals surface area contributed by atoms with Crippen molar-refractivity contribution in [2.45, 2.75) is 44.1 Å². The largest absolute Gasteiger partial charge is 0.395 e. The highest BCUT2D eigenvalue weighted by atomic mass is 32.1. The fourth-order valence-corrected chi connectivity index (χ4v) is 3.49. The number of hydrogen-bond donors (Lipinski definition) is 2. The summed E-state index contributed by atoms with van der Waals surface area (Å²) in [7, 11) is 0. The molecule has 0 spiro atoms. The third-order valence-corrected chi connectivity index (χ3v) is 4.73. The summed E-state index contributed by atoms with van der Waals surface area (Å²) in [6.07, 6.45) is 6.35. The van der Waals surface area contributed by atoms with E-state index in [1.54, 1.807) is 0 Å². The van der Waals surface area contributed by atoms with Crippen LogP contribution in [0, 0.1) is 0 Å². The fourth-order valence-electron chi connectivity index (χ4n) is 3.28. The van der Waals surface area contributed by atoms with Gasteiger partial charge >= 0.3 is 0 Å². The van der Waals surface area contributed by atoms with E-state index in [9.17, 15) is 5.11 Å². The number of benzene rings is 1. The Balaban J connectivity index is 2.10. The van der Waals surface area contributed by atoms with Crippen LogP contribution in [0.1, 0.15) is 43.6 Å². The summed E-state index contributed by atoms with van der Waals surface area (Å²) in [5.41, 5.74) is 7.16. The topological polar surface area (TPSA) is 49.5 Å². The minimum atomic E-state index is 0.0645. The van der Waals surface area contributed by atoms with Gasteiger partial charge in [0.05, 0.1) is 11.6 Å². The van der Waals surface area contributed by atoms with Crippen molar-refractivity contribution in [3.63, 3.8) is 0 Å². The zero-order chi connectivity index (χ0) is 15.1. The normalized spacial score (nSPS) is 17.8. The Morgan fingerprint density at radius 3 is 2.48 bits per heavy atom. The van der Waals surface area contributed by atoms with Gasteiger partial charge in [-0.05, 0) is 18.4 Å². The molecule has 1 saturated carbocycles. The molecule has 0 radical (unpaired) electrons. The predicted octanol–water partition coefficient (Wildman–Crippen LogP) is 2.68. The van der Waals surface area contributed by atoms with Gasteiger partial charge in [0.1, 0.15) is 0 Å². The van der Waals surface area contributed by atoms with Crippen molar-refractivity contribution in [1.29, 1.82) is 0 Å². The molecule has 1 fully saturated rings. The second kappa shape index (κ2) is 8.47. The Labute approximate surface area is 133 Å². The van der Waals surface area contributed by atoms with Crippen LogP contribution in [-0.2, 0) is 0 Å². The minimum Gasteiger partial charge on any atom is -0.395 e. The van der Waals surface area contributed by atoms with Crippen molar-refractivity contribution in [3.05, 3.63) is 35.9 Å². The second-order valence-corrected chi connectivity index (χ2v) is 6.35. The third-order valence-electron chi connectivity index (χ3n) is 4.44. The summed E-state index contributed by atoms with van der Waals surface area (Å²) < 4.78 is 0. The summed E-state index contributed by atoms with van der Waals surface area (Å²) in [5.74, 6) is 0.0645. The number of nitrogens with two attached hydrogens (primary N) is 1. The van der Waals surface area contributed by atoms with E-state index in [1.807, 2.05) is 18.2 Å². The molecular weight excluding hydrogens is 280 g/mol. The predicted molar refractivity (Wildman–Crippen MR) is 91.5 cm³/mol. The molecule has 4 heteroatoms.